The largest absolute Gasteiger partial charge is 0.445 e. The van der Waals surface area contributed by atoms with E-state index in [9.17, 15) is 14.0 Å². The lowest BCUT2D eigenvalue weighted by Gasteiger charge is -2.25. The number of benzene rings is 3. The van der Waals surface area contributed by atoms with Crippen molar-refractivity contribution in [1.29, 1.82) is 0 Å². The summed E-state index contributed by atoms with van der Waals surface area (Å²) in [7, 11) is 1.67. The molecule has 4 rings (SSSR count). The fraction of sp³-hybridized carbons (Fsp3) is 0.233. The minimum Gasteiger partial charge on any atom is -0.445 e. The number of rotatable bonds is 8. The zero-order valence-corrected chi connectivity index (χ0v) is 22.3. The molecule has 0 aliphatic carbocycles. The molecule has 1 atom stereocenters. The summed E-state index contributed by atoms with van der Waals surface area (Å²) in [6.45, 7) is 4.10. The monoisotopic (exact) mass is 533 g/mol. The molecule has 0 saturated carbocycles. The van der Waals surface area contributed by atoms with Crippen LogP contribution in [0.3, 0.4) is 0 Å². The van der Waals surface area contributed by atoms with Gasteiger partial charge < -0.3 is 15.0 Å². The molecule has 0 fully saturated rings. The van der Waals surface area contributed by atoms with E-state index in [1.54, 1.807) is 38.4 Å². The van der Waals surface area contributed by atoms with Gasteiger partial charge in [0.2, 0.25) is 0 Å². The lowest BCUT2D eigenvalue weighted by Crippen LogP contribution is -2.44. The van der Waals surface area contributed by atoms with Gasteiger partial charge in [0, 0.05) is 41.8 Å². The van der Waals surface area contributed by atoms with Gasteiger partial charge >= 0.3 is 6.09 Å². The first-order chi connectivity index (χ1) is 18.2. The van der Waals surface area contributed by atoms with E-state index < -0.39 is 11.9 Å². The summed E-state index contributed by atoms with van der Waals surface area (Å²) in [5.41, 5.74) is 3.61. The SMILES string of the molecule is CCC(CN(C)C(=O)c1c(-c2cc(C)cc(F)c2)cnc2ccc(Cl)cc12)NC(=O)OCc1ccccc1. The number of halogens is 2. The number of hydrogen-bond donors (Lipinski definition) is 1. The van der Waals surface area contributed by atoms with Crippen molar-refractivity contribution in [3.05, 3.63) is 100 Å². The number of amides is 2. The number of nitrogens with zero attached hydrogens (tertiary/aromatic N) is 2. The molecule has 3 aromatic carbocycles. The molecule has 0 bridgehead atoms. The average Bonchev–Trinajstić information content (AvgIpc) is 2.90. The molecule has 0 aliphatic rings. The molecule has 2 amide bonds. The van der Waals surface area contributed by atoms with Gasteiger partial charge in [0.25, 0.3) is 5.91 Å². The number of alkyl carbamates (subject to hydrolysis) is 1. The van der Waals surface area contributed by atoms with Crippen LogP contribution in [0.25, 0.3) is 22.0 Å². The molecule has 4 aromatic rings. The minimum atomic E-state index is -0.557. The van der Waals surface area contributed by atoms with Crippen LogP contribution in [0.4, 0.5) is 9.18 Å². The van der Waals surface area contributed by atoms with Gasteiger partial charge in [-0.05, 0) is 60.4 Å². The molecule has 0 radical (unpaired) electrons. The van der Waals surface area contributed by atoms with Crippen LogP contribution < -0.4 is 5.32 Å². The Morgan fingerprint density at radius 1 is 1.11 bits per heavy atom. The first-order valence-electron chi connectivity index (χ1n) is 12.3. The van der Waals surface area contributed by atoms with Crippen molar-refractivity contribution in [3.8, 4) is 11.1 Å². The van der Waals surface area contributed by atoms with Crippen molar-refractivity contribution in [1.82, 2.24) is 15.2 Å². The van der Waals surface area contributed by atoms with Gasteiger partial charge in [-0.25, -0.2) is 9.18 Å². The summed E-state index contributed by atoms with van der Waals surface area (Å²) in [6.07, 6.45) is 1.61. The first kappa shape index (κ1) is 27.1. The third kappa shape index (κ3) is 6.47. The van der Waals surface area contributed by atoms with Crippen LogP contribution in [-0.2, 0) is 11.3 Å². The van der Waals surface area contributed by atoms with Crippen LogP contribution in [0.1, 0.15) is 34.8 Å². The molecule has 0 spiro atoms. The maximum absolute atomic E-state index is 14.3. The van der Waals surface area contributed by atoms with Gasteiger partial charge in [-0.1, -0.05) is 54.9 Å². The van der Waals surface area contributed by atoms with Gasteiger partial charge in [-0.3, -0.25) is 9.78 Å². The standard InChI is InChI=1S/C30H29ClFN3O3/c1-4-24(34-30(37)38-18-20-8-6-5-7-9-20)17-35(3)29(36)28-25-15-22(31)10-11-27(25)33-16-26(28)21-12-19(2)13-23(32)14-21/h5-16,24H,4,17-18H2,1-3H3,(H,34,37). The second-order valence-corrected chi connectivity index (χ2v) is 9.66. The van der Waals surface area contributed by atoms with Crippen LogP contribution >= 0.6 is 11.6 Å². The summed E-state index contributed by atoms with van der Waals surface area (Å²) >= 11 is 6.29. The van der Waals surface area contributed by atoms with E-state index in [0.717, 1.165) is 11.1 Å². The Bertz CT molecular complexity index is 1440. The zero-order valence-electron chi connectivity index (χ0n) is 21.5. The molecule has 196 valence electrons. The highest BCUT2D eigenvalue weighted by molar-refractivity contribution is 6.31. The van der Waals surface area contributed by atoms with Gasteiger partial charge in [0.05, 0.1) is 11.1 Å². The number of aryl methyl sites for hydroxylation is 1. The van der Waals surface area contributed by atoms with Gasteiger partial charge in [0.15, 0.2) is 0 Å². The van der Waals surface area contributed by atoms with Crippen LogP contribution in [0.15, 0.2) is 72.9 Å². The Morgan fingerprint density at radius 3 is 2.58 bits per heavy atom. The second-order valence-electron chi connectivity index (χ2n) is 9.22. The van der Waals surface area contributed by atoms with Crippen LogP contribution in [0.5, 0.6) is 0 Å². The van der Waals surface area contributed by atoms with E-state index in [0.29, 0.717) is 39.0 Å². The summed E-state index contributed by atoms with van der Waals surface area (Å²) < 4.78 is 19.6. The molecule has 0 saturated heterocycles. The Balaban J connectivity index is 1.59. The molecule has 6 nitrogen and oxygen atoms in total. The Morgan fingerprint density at radius 2 is 1.87 bits per heavy atom. The molecule has 8 heteroatoms. The number of pyridine rings is 1. The van der Waals surface area contributed by atoms with Crippen molar-refractivity contribution >= 4 is 34.5 Å². The van der Waals surface area contributed by atoms with Crippen LogP contribution in [0, 0.1) is 12.7 Å². The molecule has 0 aliphatic heterocycles. The predicted octanol–water partition coefficient (Wildman–Crippen LogP) is 6.78. The summed E-state index contributed by atoms with van der Waals surface area (Å²) in [5.74, 6) is -0.698. The number of hydrogen-bond acceptors (Lipinski definition) is 4. The number of aromatic nitrogens is 1. The molecular formula is C30H29ClFN3O3. The van der Waals surface area contributed by atoms with Gasteiger partial charge in [-0.2, -0.15) is 0 Å². The summed E-state index contributed by atoms with van der Waals surface area (Å²) in [4.78, 5) is 32.4. The first-order valence-corrected chi connectivity index (χ1v) is 12.7. The maximum Gasteiger partial charge on any atom is 0.407 e. The molecule has 38 heavy (non-hydrogen) atoms. The number of carbonyl (C=O) groups is 2. The highest BCUT2D eigenvalue weighted by atomic mass is 35.5. The fourth-order valence-electron chi connectivity index (χ4n) is 4.32. The highest BCUT2D eigenvalue weighted by Crippen LogP contribution is 2.32. The maximum atomic E-state index is 14.3. The van der Waals surface area contributed by atoms with E-state index in [1.165, 1.54) is 17.0 Å². The predicted molar refractivity (Wildman–Crippen MR) is 148 cm³/mol. The Kier molecular flexibility index (Phi) is 8.59. The Hall–Kier alpha value is -3.97. The number of carbonyl (C=O) groups excluding carboxylic acids is 2. The zero-order chi connectivity index (χ0) is 27.2. The smallest absolute Gasteiger partial charge is 0.407 e. The van der Waals surface area contributed by atoms with Gasteiger partial charge in [0.1, 0.15) is 12.4 Å². The number of likely N-dealkylation sites (N-methyl/N-ethyl adjacent to an activating group) is 1. The summed E-state index contributed by atoms with van der Waals surface area (Å²) in [5, 5.41) is 3.87. The number of nitrogens with one attached hydrogen (secondary N) is 1. The topological polar surface area (TPSA) is 71.5 Å². The van der Waals surface area contributed by atoms with Gasteiger partial charge in [-0.15, -0.1) is 0 Å². The molecule has 1 N–H and O–H groups in total. The van der Waals surface area contributed by atoms with Crippen molar-refractivity contribution in [2.75, 3.05) is 13.6 Å². The molecule has 1 aromatic heterocycles. The van der Waals surface area contributed by atoms with E-state index in [-0.39, 0.29) is 25.1 Å². The van der Waals surface area contributed by atoms with Crippen molar-refractivity contribution in [2.24, 2.45) is 0 Å². The van der Waals surface area contributed by atoms with Crippen LogP contribution in [-0.4, -0.2) is 41.5 Å². The van der Waals surface area contributed by atoms with E-state index in [2.05, 4.69) is 10.3 Å². The van der Waals surface area contributed by atoms with E-state index >= 15 is 0 Å². The second kappa shape index (κ2) is 12.0. The van der Waals surface area contributed by atoms with Crippen LogP contribution in [0.2, 0.25) is 5.02 Å². The normalized spacial score (nSPS) is 11.7. The quantitative estimate of drug-likeness (QED) is 0.271. The fourth-order valence-corrected chi connectivity index (χ4v) is 4.49. The Labute approximate surface area is 226 Å². The lowest BCUT2D eigenvalue weighted by molar-refractivity contribution is 0.0775. The molecular weight excluding hydrogens is 505 g/mol. The van der Waals surface area contributed by atoms with Crippen molar-refractivity contribution in [2.45, 2.75) is 32.9 Å². The molecule has 1 heterocycles. The van der Waals surface area contributed by atoms with Crippen molar-refractivity contribution in [3.63, 3.8) is 0 Å². The number of fused-ring (bicyclic) bond motifs is 1. The number of ether oxygens (including phenoxy) is 1. The molecule has 1 unspecified atom stereocenters. The highest BCUT2D eigenvalue weighted by Gasteiger charge is 2.24. The third-order valence-electron chi connectivity index (χ3n) is 6.27. The summed E-state index contributed by atoms with van der Waals surface area (Å²) in [6, 6.07) is 18.8. The average molecular weight is 534 g/mol. The van der Waals surface area contributed by atoms with E-state index in [4.69, 9.17) is 16.3 Å². The van der Waals surface area contributed by atoms with Crippen molar-refractivity contribution < 1.29 is 18.7 Å². The van der Waals surface area contributed by atoms with E-state index in [1.807, 2.05) is 43.3 Å². The third-order valence-corrected chi connectivity index (χ3v) is 6.50. The minimum absolute atomic E-state index is 0.151. The lowest BCUT2D eigenvalue weighted by atomic mass is 9.95.